The SMILES string of the molecule is C=C(Cl)CNc1cccc2ccccc12. The molecule has 0 bridgehead atoms. The first-order valence-corrected chi connectivity index (χ1v) is 5.20. The van der Waals surface area contributed by atoms with E-state index in [1.807, 2.05) is 24.3 Å². The number of anilines is 1. The highest BCUT2D eigenvalue weighted by atomic mass is 35.5. The second-order valence-corrected chi connectivity index (χ2v) is 3.93. The van der Waals surface area contributed by atoms with Gasteiger partial charge < -0.3 is 5.32 Å². The van der Waals surface area contributed by atoms with Crippen molar-refractivity contribution < 1.29 is 0 Å². The lowest BCUT2D eigenvalue weighted by Crippen LogP contribution is -2.00. The molecule has 0 aliphatic carbocycles. The number of hydrogen-bond donors (Lipinski definition) is 1. The molecule has 0 amide bonds. The van der Waals surface area contributed by atoms with Crippen molar-refractivity contribution in [3.8, 4) is 0 Å². The van der Waals surface area contributed by atoms with Crippen molar-refractivity contribution in [1.82, 2.24) is 0 Å². The van der Waals surface area contributed by atoms with E-state index in [2.05, 4.69) is 30.1 Å². The molecule has 0 fully saturated rings. The summed E-state index contributed by atoms with van der Waals surface area (Å²) in [6.07, 6.45) is 0. The minimum atomic E-state index is 0.593. The zero-order valence-corrected chi connectivity index (χ0v) is 9.09. The van der Waals surface area contributed by atoms with Crippen LogP contribution in [-0.2, 0) is 0 Å². The van der Waals surface area contributed by atoms with Crippen molar-refractivity contribution in [2.45, 2.75) is 0 Å². The Bertz CT molecular complexity index is 485. The van der Waals surface area contributed by atoms with E-state index in [0.29, 0.717) is 11.6 Å². The maximum absolute atomic E-state index is 5.72. The van der Waals surface area contributed by atoms with Gasteiger partial charge in [0.2, 0.25) is 0 Å². The maximum Gasteiger partial charge on any atom is 0.0502 e. The fourth-order valence-corrected chi connectivity index (χ4v) is 1.64. The van der Waals surface area contributed by atoms with Gasteiger partial charge in [0.1, 0.15) is 0 Å². The third-order valence-corrected chi connectivity index (χ3v) is 2.39. The van der Waals surface area contributed by atoms with Crippen LogP contribution < -0.4 is 5.32 Å². The van der Waals surface area contributed by atoms with Crippen LogP contribution in [0.5, 0.6) is 0 Å². The molecule has 0 heterocycles. The maximum atomic E-state index is 5.72. The van der Waals surface area contributed by atoms with Crippen molar-refractivity contribution >= 4 is 28.1 Å². The summed E-state index contributed by atoms with van der Waals surface area (Å²) in [7, 11) is 0. The molecule has 2 rings (SSSR count). The first kappa shape index (κ1) is 10.1. The summed E-state index contributed by atoms with van der Waals surface area (Å²) < 4.78 is 0. The van der Waals surface area contributed by atoms with Crippen LogP contribution in [0.25, 0.3) is 10.8 Å². The normalized spacial score (nSPS) is 10.2. The highest BCUT2D eigenvalue weighted by molar-refractivity contribution is 6.29. The average molecular weight is 218 g/mol. The van der Waals surface area contributed by atoms with Gasteiger partial charge in [-0.1, -0.05) is 54.6 Å². The smallest absolute Gasteiger partial charge is 0.0502 e. The van der Waals surface area contributed by atoms with Crippen LogP contribution in [0, 0.1) is 0 Å². The average Bonchev–Trinajstić information content (AvgIpc) is 2.26. The lowest BCUT2D eigenvalue weighted by Gasteiger charge is -2.08. The van der Waals surface area contributed by atoms with E-state index >= 15 is 0 Å². The predicted octanol–water partition coefficient (Wildman–Crippen LogP) is 4.00. The third-order valence-electron chi connectivity index (χ3n) is 2.26. The number of halogens is 1. The van der Waals surface area contributed by atoms with Gasteiger partial charge in [-0.15, -0.1) is 0 Å². The Morgan fingerprint density at radius 2 is 1.87 bits per heavy atom. The van der Waals surface area contributed by atoms with Gasteiger partial charge in [0, 0.05) is 16.1 Å². The number of benzene rings is 2. The Morgan fingerprint density at radius 1 is 1.13 bits per heavy atom. The number of hydrogen-bond acceptors (Lipinski definition) is 1. The summed E-state index contributed by atoms with van der Waals surface area (Å²) >= 11 is 5.72. The number of fused-ring (bicyclic) bond motifs is 1. The second-order valence-electron chi connectivity index (χ2n) is 3.40. The van der Waals surface area contributed by atoms with Gasteiger partial charge in [0.25, 0.3) is 0 Å². The molecule has 0 atom stereocenters. The minimum Gasteiger partial charge on any atom is -0.380 e. The van der Waals surface area contributed by atoms with Crippen molar-refractivity contribution in [1.29, 1.82) is 0 Å². The summed E-state index contributed by atoms with van der Waals surface area (Å²) in [6.45, 7) is 4.25. The highest BCUT2D eigenvalue weighted by Crippen LogP contribution is 2.23. The molecule has 2 heteroatoms. The molecule has 0 spiro atoms. The topological polar surface area (TPSA) is 12.0 Å². The molecule has 0 aromatic heterocycles. The highest BCUT2D eigenvalue weighted by Gasteiger charge is 1.98. The van der Waals surface area contributed by atoms with Gasteiger partial charge in [-0.3, -0.25) is 0 Å². The van der Waals surface area contributed by atoms with E-state index in [0.717, 1.165) is 5.69 Å². The fourth-order valence-electron chi connectivity index (χ4n) is 1.57. The Balaban J connectivity index is 2.38. The molecule has 2 aromatic rings. The molecule has 76 valence electrons. The van der Waals surface area contributed by atoms with Gasteiger partial charge in [-0.2, -0.15) is 0 Å². The summed E-state index contributed by atoms with van der Waals surface area (Å²) in [5.41, 5.74) is 1.09. The summed E-state index contributed by atoms with van der Waals surface area (Å²) in [4.78, 5) is 0. The molecule has 1 nitrogen and oxygen atoms in total. The van der Waals surface area contributed by atoms with Crippen LogP contribution in [0.2, 0.25) is 0 Å². The first-order valence-electron chi connectivity index (χ1n) is 4.82. The van der Waals surface area contributed by atoms with Crippen LogP contribution in [0.4, 0.5) is 5.69 Å². The lowest BCUT2D eigenvalue weighted by atomic mass is 10.1. The van der Waals surface area contributed by atoms with Crippen molar-refractivity contribution in [3.63, 3.8) is 0 Å². The largest absolute Gasteiger partial charge is 0.380 e. The van der Waals surface area contributed by atoms with Crippen molar-refractivity contribution in [2.24, 2.45) is 0 Å². The minimum absolute atomic E-state index is 0.593. The summed E-state index contributed by atoms with van der Waals surface area (Å²) in [5.74, 6) is 0. The molecule has 1 N–H and O–H groups in total. The predicted molar refractivity (Wildman–Crippen MR) is 67.4 cm³/mol. The molecule has 0 saturated carbocycles. The Hall–Kier alpha value is -1.47. The number of rotatable bonds is 3. The van der Waals surface area contributed by atoms with Gasteiger partial charge in [0.15, 0.2) is 0 Å². The van der Waals surface area contributed by atoms with Crippen LogP contribution in [0.1, 0.15) is 0 Å². The van der Waals surface area contributed by atoms with E-state index in [-0.39, 0.29) is 0 Å². The molecule has 0 saturated heterocycles. The zero-order chi connectivity index (χ0) is 10.7. The first-order chi connectivity index (χ1) is 7.27. The van der Waals surface area contributed by atoms with E-state index in [1.165, 1.54) is 10.8 Å². The Kier molecular flexibility index (Phi) is 2.93. The van der Waals surface area contributed by atoms with Crippen LogP contribution in [-0.4, -0.2) is 6.54 Å². The zero-order valence-electron chi connectivity index (χ0n) is 8.33. The molecular formula is C13H12ClN. The fraction of sp³-hybridized carbons (Fsp3) is 0.0769. The van der Waals surface area contributed by atoms with E-state index in [4.69, 9.17) is 11.6 Å². The third kappa shape index (κ3) is 2.31. The standard InChI is InChI=1S/C13H12ClN/c1-10(14)9-15-13-8-4-6-11-5-2-3-7-12(11)13/h2-8,15H,1,9H2. The molecule has 2 aromatic carbocycles. The van der Waals surface area contributed by atoms with E-state index < -0.39 is 0 Å². The summed E-state index contributed by atoms with van der Waals surface area (Å²) in [5, 5.41) is 6.30. The molecule has 0 unspecified atom stereocenters. The number of nitrogens with one attached hydrogen (secondary N) is 1. The monoisotopic (exact) mass is 217 g/mol. The second kappa shape index (κ2) is 4.37. The van der Waals surface area contributed by atoms with Gasteiger partial charge in [-0.05, 0) is 11.5 Å². The van der Waals surface area contributed by atoms with Crippen molar-refractivity contribution in [2.75, 3.05) is 11.9 Å². The molecular weight excluding hydrogens is 206 g/mol. The van der Waals surface area contributed by atoms with E-state index in [1.54, 1.807) is 0 Å². The Labute approximate surface area is 94.4 Å². The van der Waals surface area contributed by atoms with Gasteiger partial charge >= 0.3 is 0 Å². The van der Waals surface area contributed by atoms with Crippen LogP contribution in [0.3, 0.4) is 0 Å². The summed E-state index contributed by atoms with van der Waals surface area (Å²) in [6, 6.07) is 14.4. The van der Waals surface area contributed by atoms with E-state index in [9.17, 15) is 0 Å². The van der Waals surface area contributed by atoms with Gasteiger partial charge in [0.05, 0.1) is 6.54 Å². The quantitative estimate of drug-likeness (QED) is 0.820. The lowest BCUT2D eigenvalue weighted by molar-refractivity contribution is 1.33. The van der Waals surface area contributed by atoms with Gasteiger partial charge in [-0.25, -0.2) is 0 Å². The van der Waals surface area contributed by atoms with Crippen LogP contribution >= 0.6 is 11.6 Å². The molecule has 15 heavy (non-hydrogen) atoms. The molecule has 0 radical (unpaired) electrons. The molecule has 0 aliphatic heterocycles. The molecule has 0 aliphatic rings. The Morgan fingerprint density at radius 3 is 2.67 bits per heavy atom. The van der Waals surface area contributed by atoms with Crippen LogP contribution in [0.15, 0.2) is 54.1 Å². The van der Waals surface area contributed by atoms with Crippen molar-refractivity contribution in [3.05, 3.63) is 54.1 Å².